The second-order valence-electron chi connectivity index (χ2n) is 6.56. The van der Waals surface area contributed by atoms with Crippen molar-refractivity contribution >= 4 is 22.9 Å². The van der Waals surface area contributed by atoms with Crippen molar-refractivity contribution in [2.75, 3.05) is 18.5 Å². The van der Waals surface area contributed by atoms with E-state index >= 15 is 0 Å². The molecule has 0 bridgehead atoms. The second kappa shape index (κ2) is 7.45. The van der Waals surface area contributed by atoms with Crippen molar-refractivity contribution in [1.29, 1.82) is 0 Å². The quantitative estimate of drug-likeness (QED) is 0.618. The molecule has 1 aromatic carbocycles. The van der Waals surface area contributed by atoms with Gasteiger partial charge in [0.1, 0.15) is 6.33 Å². The number of amides is 1. The van der Waals surface area contributed by atoms with Crippen LogP contribution < -0.4 is 5.32 Å². The molecule has 3 atom stereocenters. The van der Waals surface area contributed by atoms with E-state index in [1.165, 1.54) is 12.7 Å². The average Bonchev–Trinajstić information content (AvgIpc) is 3.13. The highest BCUT2D eigenvalue weighted by molar-refractivity contribution is 6.06. The fraction of sp³-hybridized carbons (Fsp3) is 0.263. The SMILES string of the molecule is O=C(Nc1ncnc2c1ncn2[C@H]1/C(=C/F)[C@@H](CO)[C@@H]1CO)c1ccccc1. The van der Waals surface area contributed by atoms with E-state index in [0.717, 1.165) is 0 Å². The van der Waals surface area contributed by atoms with Crippen LogP contribution in [0.5, 0.6) is 0 Å². The van der Waals surface area contributed by atoms with Crippen molar-refractivity contribution in [1.82, 2.24) is 19.5 Å². The van der Waals surface area contributed by atoms with Crippen molar-refractivity contribution < 1.29 is 19.4 Å². The minimum atomic E-state index is -0.510. The molecule has 28 heavy (non-hydrogen) atoms. The molecule has 9 heteroatoms. The summed E-state index contributed by atoms with van der Waals surface area (Å²) in [4.78, 5) is 25.0. The number of aromatic nitrogens is 4. The van der Waals surface area contributed by atoms with Crippen LogP contribution in [-0.4, -0.2) is 48.9 Å². The number of fused-ring (bicyclic) bond motifs is 1. The number of rotatable bonds is 5. The number of aliphatic hydroxyl groups is 2. The van der Waals surface area contributed by atoms with Crippen LogP contribution in [-0.2, 0) is 0 Å². The van der Waals surface area contributed by atoms with Gasteiger partial charge in [-0.2, -0.15) is 0 Å². The number of carbonyl (C=O) groups is 1. The van der Waals surface area contributed by atoms with Crippen LogP contribution in [0.25, 0.3) is 11.2 Å². The summed E-state index contributed by atoms with van der Waals surface area (Å²) >= 11 is 0. The summed E-state index contributed by atoms with van der Waals surface area (Å²) in [5.41, 5.74) is 1.60. The molecule has 1 aliphatic carbocycles. The molecule has 0 saturated heterocycles. The topological polar surface area (TPSA) is 113 Å². The minimum absolute atomic E-state index is 0.213. The molecule has 4 rings (SSSR count). The zero-order chi connectivity index (χ0) is 19.7. The molecule has 1 aliphatic rings. The molecule has 0 spiro atoms. The van der Waals surface area contributed by atoms with Crippen LogP contribution >= 0.6 is 0 Å². The van der Waals surface area contributed by atoms with Gasteiger partial charge < -0.3 is 20.1 Å². The first-order valence-electron chi connectivity index (χ1n) is 8.75. The van der Waals surface area contributed by atoms with Crippen LogP contribution in [0.3, 0.4) is 0 Å². The Morgan fingerprint density at radius 2 is 1.96 bits per heavy atom. The summed E-state index contributed by atoms with van der Waals surface area (Å²) in [6.45, 7) is -0.465. The van der Waals surface area contributed by atoms with Gasteiger partial charge in [-0.15, -0.1) is 0 Å². The average molecular weight is 383 g/mol. The van der Waals surface area contributed by atoms with E-state index in [0.29, 0.717) is 28.6 Å². The number of aliphatic hydroxyl groups excluding tert-OH is 2. The number of nitrogens with one attached hydrogen (secondary N) is 1. The van der Waals surface area contributed by atoms with Crippen LogP contribution in [0, 0.1) is 11.8 Å². The minimum Gasteiger partial charge on any atom is -0.396 e. The predicted molar refractivity (Wildman–Crippen MR) is 99.1 cm³/mol. The number of anilines is 1. The van der Waals surface area contributed by atoms with E-state index in [1.54, 1.807) is 28.8 Å². The first-order chi connectivity index (χ1) is 13.7. The Kier molecular flexibility index (Phi) is 4.84. The monoisotopic (exact) mass is 383 g/mol. The summed E-state index contributed by atoms with van der Waals surface area (Å²) in [5, 5.41) is 21.8. The molecule has 1 saturated carbocycles. The lowest BCUT2D eigenvalue weighted by Gasteiger charge is -2.45. The largest absolute Gasteiger partial charge is 0.396 e. The van der Waals surface area contributed by atoms with E-state index in [2.05, 4.69) is 20.3 Å². The molecule has 8 nitrogen and oxygen atoms in total. The lowest BCUT2D eigenvalue weighted by atomic mass is 9.66. The maximum absolute atomic E-state index is 13.4. The molecule has 1 amide bonds. The van der Waals surface area contributed by atoms with Crippen LogP contribution in [0.1, 0.15) is 16.4 Å². The molecule has 0 radical (unpaired) electrons. The Morgan fingerprint density at radius 3 is 2.64 bits per heavy atom. The molecule has 3 N–H and O–H groups in total. The summed E-state index contributed by atoms with van der Waals surface area (Å²) < 4.78 is 15.0. The molecule has 0 aliphatic heterocycles. The highest BCUT2D eigenvalue weighted by Crippen LogP contribution is 2.49. The van der Waals surface area contributed by atoms with Gasteiger partial charge in [0.25, 0.3) is 5.91 Å². The predicted octanol–water partition coefficient (Wildman–Crippen LogP) is 1.70. The second-order valence-corrected chi connectivity index (χ2v) is 6.56. The van der Waals surface area contributed by atoms with Crippen molar-refractivity contribution in [2.24, 2.45) is 11.8 Å². The molecule has 1 fully saturated rings. The summed E-state index contributed by atoms with van der Waals surface area (Å²) in [7, 11) is 0. The molecule has 3 aromatic rings. The Labute approximate surface area is 159 Å². The molecule has 2 heterocycles. The van der Waals surface area contributed by atoms with Gasteiger partial charge in [-0.1, -0.05) is 18.2 Å². The Bertz CT molecular complexity index is 1040. The third-order valence-electron chi connectivity index (χ3n) is 5.15. The fourth-order valence-electron chi connectivity index (χ4n) is 3.71. The highest BCUT2D eigenvalue weighted by atomic mass is 19.1. The van der Waals surface area contributed by atoms with Gasteiger partial charge in [0.05, 0.1) is 25.3 Å². The Hall–Kier alpha value is -3.17. The lowest BCUT2D eigenvalue weighted by Crippen LogP contribution is -2.45. The van der Waals surface area contributed by atoms with Crippen molar-refractivity contribution in [3.05, 3.63) is 60.5 Å². The van der Waals surface area contributed by atoms with Gasteiger partial charge in [-0.05, 0) is 17.7 Å². The van der Waals surface area contributed by atoms with E-state index in [9.17, 15) is 19.4 Å². The molecule has 144 valence electrons. The van der Waals surface area contributed by atoms with Gasteiger partial charge >= 0.3 is 0 Å². The van der Waals surface area contributed by atoms with E-state index < -0.39 is 12.0 Å². The van der Waals surface area contributed by atoms with Gasteiger partial charge in [0.15, 0.2) is 17.0 Å². The molecular formula is C19H18FN5O3. The molecule has 2 aromatic heterocycles. The van der Waals surface area contributed by atoms with E-state index in [4.69, 9.17) is 0 Å². The standard InChI is InChI=1S/C19H18FN5O3/c20-6-12-13(7-26)14(8-27)16(12)25-10-23-15-17(21-9-22-18(15)25)24-19(28)11-4-2-1-3-5-11/h1-6,9-10,13-14,16,26-27H,7-8H2,(H,21,22,24,28)/b12-6+/t13-,14+,16+/m1/s1. The summed E-state index contributed by atoms with van der Waals surface area (Å²) in [6, 6.07) is 8.18. The first-order valence-corrected chi connectivity index (χ1v) is 8.75. The fourth-order valence-corrected chi connectivity index (χ4v) is 3.71. The maximum Gasteiger partial charge on any atom is 0.256 e. The van der Waals surface area contributed by atoms with E-state index in [-0.39, 0.29) is 30.9 Å². The number of carbonyl (C=O) groups excluding carboxylic acids is 1. The number of halogens is 1. The number of hydrogen-bond acceptors (Lipinski definition) is 6. The zero-order valence-corrected chi connectivity index (χ0v) is 14.7. The van der Waals surface area contributed by atoms with Gasteiger partial charge in [-0.3, -0.25) is 4.79 Å². The summed E-state index contributed by atoms with van der Waals surface area (Å²) in [6.07, 6.45) is 3.22. The Balaban J connectivity index is 1.69. The Morgan fingerprint density at radius 1 is 1.18 bits per heavy atom. The lowest BCUT2D eigenvalue weighted by molar-refractivity contribution is 0.0510. The van der Waals surface area contributed by atoms with Crippen LogP contribution in [0.15, 0.2) is 54.9 Å². The van der Waals surface area contributed by atoms with Gasteiger partial charge in [0, 0.05) is 24.0 Å². The molecule has 0 unspecified atom stereocenters. The third kappa shape index (κ3) is 2.85. The van der Waals surface area contributed by atoms with Crippen molar-refractivity contribution in [2.45, 2.75) is 6.04 Å². The van der Waals surface area contributed by atoms with Gasteiger partial charge in [-0.25, -0.2) is 19.3 Å². The maximum atomic E-state index is 13.4. The third-order valence-corrected chi connectivity index (χ3v) is 5.15. The highest BCUT2D eigenvalue weighted by Gasteiger charge is 2.47. The summed E-state index contributed by atoms with van der Waals surface area (Å²) in [5.74, 6) is -0.906. The van der Waals surface area contributed by atoms with Gasteiger partial charge in [0.2, 0.25) is 0 Å². The smallest absolute Gasteiger partial charge is 0.256 e. The molecular weight excluding hydrogens is 365 g/mol. The number of imidazole rings is 1. The number of benzene rings is 1. The van der Waals surface area contributed by atoms with E-state index in [1.807, 2.05) is 6.07 Å². The zero-order valence-electron chi connectivity index (χ0n) is 14.7. The normalized spacial score (nSPS) is 23.0. The first kappa shape index (κ1) is 18.2. The number of hydrogen-bond donors (Lipinski definition) is 3. The van der Waals surface area contributed by atoms with Crippen molar-refractivity contribution in [3.8, 4) is 0 Å². The number of nitrogens with zero attached hydrogens (tertiary/aromatic N) is 4. The van der Waals surface area contributed by atoms with Crippen LogP contribution in [0.4, 0.5) is 10.2 Å². The van der Waals surface area contributed by atoms with Crippen LogP contribution in [0.2, 0.25) is 0 Å². The van der Waals surface area contributed by atoms with Crippen molar-refractivity contribution in [3.63, 3.8) is 0 Å².